The fourth-order valence-corrected chi connectivity index (χ4v) is 2.51. The third kappa shape index (κ3) is 3.31. The molecule has 1 fully saturated rings. The van der Waals surface area contributed by atoms with Gasteiger partial charge >= 0.3 is 6.09 Å². The van der Waals surface area contributed by atoms with Crippen LogP contribution in [0.4, 0.5) is 4.79 Å². The number of benzene rings is 2. The highest BCUT2D eigenvalue weighted by molar-refractivity contribution is 6.02. The first kappa shape index (κ1) is 15.0. The molecule has 4 heteroatoms. The predicted octanol–water partition coefficient (Wildman–Crippen LogP) is 3.73. The Hall–Kier alpha value is -2.88. The van der Waals surface area contributed by atoms with Crippen molar-refractivity contribution in [1.82, 2.24) is 4.90 Å². The van der Waals surface area contributed by atoms with Crippen molar-refractivity contribution in [1.29, 1.82) is 0 Å². The Kier molecular flexibility index (Phi) is 4.24. The number of hydrogen-bond donors (Lipinski definition) is 0. The van der Waals surface area contributed by atoms with Crippen LogP contribution in [0.3, 0.4) is 0 Å². The van der Waals surface area contributed by atoms with E-state index >= 15 is 0 Å². The lowest BCUT2D eigenvalue weighted by atomic mass is 10.1. The smallest absolute Gasteiger partial charge is 0.417 e. The Morgan fingerprint density at radius 3 is 2.52 bits per heavy atom. The van der Waals surface area contributed by atoms with Crippen molar-refractivity contribution in [2.24, 2.45) is 0 Å². The maximum Gasteiger partial charge on any atom is 0.417 e. The van der Waals surface area contributed by atoms with E-state index in [1.54, 1.807) is 6.08 Å². The van der Waals surface area contributed by atoms with Gasteiger partial charge in [0, 0.05) is 6.08 Å². The molecule has 2 aromatic carbocycles. The summed E-state index contributed by atoms with van der Waals surface area (Å²) in [5.74, 6) is -0.373. The number of hydrogen-bond acceptors (Lipinski definition) is 3. The number of amides is 2. The number of carbonyl (C=O) groups excluding carboxylic acids is 2. The van der Waals surface area contributed by atoms with Gasteiger partial charge in [-0.1, -0.05) is 60.2 Å². The average molecular weight is 307 g/mol. The van der Waals surface area contributed by atoms with Gasteiger partial charge in [-0.2, -0.15) is 0 Å². The molecule has 0 saturated carbocycles. The first-order valence-electron chi connectivity index (χ1n) is 7.45. The van der Waals surface area contributed by atoms with Crippen molar-refractivity contribution in [3.05, 3.63) is 77.4 Å². The van der Waals surface area contributed by atoms with Gasteiger partial charge in [-0.25, -0.2) is 9.69 Å². The van der Waals surface area contributed by atoms with Gasteiger partial charge in [-0.05, 0) is 24.1 Å². The molecule has 1 unspecified atom stereocenters. The summed E-state index contributed by atoms with van der Waals surface area (Å²) in [6.45, 7) is 2.19. The van der Waals surface area contributed by atoms with E-state index in [4.69, 9.17) is 4.74 Å². The summed E-state index contributed by atoms with van der Waals surface area (Å²) in [6.07, 6.45) is 2.51. The second kappa shape index (κ2) is 6.48. The summed E-state index contributed by atoms with van der Waals surface area (Å²) >= 11 is 0. The summed E-state index contributed by atoms with van der Waals surface area (Å²) in [5.41, 5.74) is 2.95. The van der Waals surface area contributed by atoms with Crippen LogP contribution in [-0.2, 0) is 9.53 Å². The molecule has 0 aromatic heterocycles. The second-order valence-electron chi connectivity index (χ2n) is 5.46. The Morgan fingerprint density at radius 2 is 1.83 bits per heavy atom. The summed E-state index contributed by atoms with van der Waals surface area (Å²) in [7, 11) is 0. The standard InChI is InChI=1S/C19H17NO3/c1-14-7-9-15(10-8-14)11-12-18(21)20-17(13-23-19(20)22)16-5-3-2-4-6-16/h2-12,17H,13H2,1H3. The molecule has 1 heterocycles. The summed E-state index contributed by atoms with van der Waals surface area (Å²) < 4.78 is 5.05. The fourth-order valence-electron chi connectivity index (χ4n) is 2.51. The predicted molar refractivity (Wildman–Crippen MR) is 87.6 cm³/mol. The number of rotatable bonds is 3. The fraction of sp³-hybridized carbons (Fsp3) is 0.158. The summed E-state index contributed by atoms with van der Waals surface area (Å²) in [4.78, 5) is 25.5. The zero-order valence-electron chi connectivity index (χ0n) is 12.8. The molecular weight excluding hydrogens is 290 g/mol. The van der Waals surface area contributed by atoms with E-state index in [1.807, 2.05) is 61.5 Å². The number of cyclic esters (lactones) is 1. The van der Waals surface area contributed by atoms with Crippen molar-refractivity contribution >= 4 is 18.1 Å². The van der Waals surface area contributed by atoms with E-state index in [-0.39, 0.29) is 18.6 Å². The van der Waals surface area contributed by atoms with Crippen molar-refractivity contribution in [3.63, 3.8) is 0 Å². The summed E-state index contributed by atoms with van der Waals surface area (Å²) in [6, 6.07) is 16.8. The van der Waals surface area contributed by atoms with Crippen molar-refractivity contribution in [2.45, 2.75) is 13.0 Å². The molecule has 2 amide bonds. The maximum atomic E-state index is 12.4. The van der Waals surface area contributed by atoms with Crippen molar-refractivity contribution in [3.8, 4) is 0 Å². The molecule has 1 aliphatic rings. The first-order chi connectivity index (χ1) is 11.1. The largest absolute Gasteiger partial charge is 0.446 e. The minimum atomic E-state index is -0.600. The van der Waals surface area contributed by atoms with Crippen LogP contribution in [0.2, 0.25) is 0 Å². The zero-order chi connectivity index (χ0) is 16.2. The minimum absolute atomic E-state index is 0.187. The Balaban J connectivity index is 1.79. The quantitative estimate of drug-likeness (QED) is 0.812. The molecule has 0 radical (unpaired) electrons. The molecule has 23 heavy (non-hydrogen) atoms. The van der Waals surface area contributed by atoms with Crippen LogP contribution in [0.5, 0.6) is 0 Å². The molecule has 0 aliphatic carbocycles. The number of ether oxygens (including phenoxy) is 1. The van der Waals surface area contributed by atoms with E-state index in [2.05, 4.69) is 0 Å². The van der Waals surface area contributed by atoms with E-state index in [1.165, 1.54) is 11.0 Å². The molecular formula is C19H17NO3. The molecule has 1 saturated heterocycles. The molecule has 3 rings (SSSR count). The minimum Gasteiger partial charge on any atom is -0.446 e. The topological polar surface area (TPSA) is 46.6 Å². The van der Waals surface area contributed by atoms with E-state index < -0.39 is 6.09 Å². The zero-order valence-corrected chi connectivity index (χ0v) is 12.8. The van der Waals surface area contributed by atoms with Crippen LogP contribution in [-0.4, -0.2) is 23.5 Å². The van der Waals surface area contributed by atoms with Gasteiger partial charge < -0.3 is 4.74 Å². The Morgan fingerprint density at radius 1 is 1.13 bits per heavy atom. The van der Waals surface area contributed by atoms with E-state index in [9.17, 15) is 9.59 Å². The highest BCUT2D eigenvalue weighted by Crippen LogP contribution is 2.27. The van der Waals surface area contributed by atoms with Crippen LogP contribution < -0.4 is 0 Å². The van der Waals surface area contributed by atoms with Gasteiger partial charge in [-0.15, -0.1) is 0 Å². The third-order valence-corrected chi connectivity index (χ3v) is 3.79. The SMILES string of the molecule is Cc1ccc(C=CC(=O)N2C(=O)OCC2c2ccccc2)cc1. The Labute approximate surface area is 135 Å². The Bertz CT molecular complexity index is 735. The molecule has 1 aliphatic heterocycles. The van der Waals surface area contributed by atoms with Gasteiger partial charge in [0.25, 0.3) is 5.91 Å². The lowest BCUT2D eigenvalue weighted by Gasteiger charge is -2.18. The highest BCUT2D eigenvalue weighted by Gasteiger charge is 2.37. The van der Waals surface area contributed by atoms with Gasteiger partial charge in [0.15, 0.2) is 0 Å². The van der Waals surface area contributed by atoms with Gasteiger partial charge in [0.2, 0.25) is 0 Å². The van der Waals surface area contributed by atoms with E-state index in [0.717, 1.165) is 16.7 Å². The van der Waals surface area contributed by atoms with Gasteiger partial charge in [0.05, 0.1) is 0 Å². The van der Waals surface area contributed by atoms with Crippen molar-refractivity contribution in [2.75, 3.05) is 6.61 Å². The molecule has 1 atom stereocenters. The second-order valence-corrected chi connectivity index (χ2v) is 5.46. The summed E-state index contributed by atoms with van der Waals surface area (Å²) in [5, 5.41) is 0. The number of imide groups is 1. The number of carbonyl (C=O) groups is 2. The molecule has 116 valence electrons. The molecule has 0 spiro atoms. The lowest BCUT2D eigenvalue weighted by Crippen LogP contribution is -2.32. The van der Waals surface area contributed by atoms with Gasteiger partial charge in [-0.3, -0.25) is 4.79 Å². The van der Waals surface area contributed by atoms with Crippen LogP contribution in [0.25, 0.3) is 6.08 Å². The maximum absolute atomic E-state index is 12.4. The molecule has 4 nitrogen and oxygen atoms in total. The molecule has 0 bridgehead atoms. The lowest BCUT2D eigenvalue weighted by molar-refractivity contribution is -0.124. The monoisotopic (exact) mass is 307 g/mol. The number of nitrogens with zero attached hydrogens (tertiary/aromatic N) is 1. The van der Waals surface area contributed by atoms with Crippen LogP contribution >= 0.6 is 0 Å². The van der Waals surface area contributed by atoms with E-state index in [0.29, 0.717) is 0 Å². The number of aryl methyl sites for hydroxylation is 1. The first-order valence-corrected chi connectivity index (χ1v) is 7.45. The highest BCUT2D eigenvalue weighted by atomic mass is 16.6. The van der Waals surface area contributed by atoms with Crippen LogP contribution in [0.1, 0.15) is 22.7 Å². The van der Waals surface area contributed by atoms with Crippen LogP contribution in [0.15, 0.2) is 60.7 Å². The van der Waals surface area contributed by atoms with Crippen molar-refractivity contribution < 1.29 is 14.3 Å². The third-order valence-electron chi connectivity index (χ3n) is 3.79. The average Bonchev–Trinajstić information content (AvgIpc) is 2.96. The van der Waals surface area contributed by atoms with Crippen LogP contribution in [0, 0.1) is 6.92 Å². The van der Waals surface area contributed by atoms with Gasteiger partial charge in [0.1, 0.15) is 12.6 Å². The normalized spacial score (nSPS) is 17.5. The molecule has 2 aromatic rings. The molecule has 0 N–H and O–H groups in total.